The molecule has 1 aliphatic rings. The van der Waals surface area contributed by atoms with Gasteiger partial charge in [0.15, 0.2) is 0 Å². The Morgan fingerprint density at radius 1 is 1.09 bits per heavy atom. The van der Waals surface area contributed by atoms with E-state index in [1.165, 1.54) is 16.7 Å². The van der Waals surface area contributed by atoms with Crippen molar-refractivity contribution in [3.05, 3.63) is 58.1 Å². The molecule has 0 spiro atoms. The van der Waals surface area contributed by atoms with Crippen molar-refractivity contribution in [3.63, 3.8) is 0 Å². The lowest BCUT2D eigenvalue weighted by Crippen LogP contribution is -2.20. The molecule has 0 saturated carbocycles. The third-order valence-electron chi connectivity index (χ3n) is 4.32. The van der Waals surface area contributed by atoms with Crippen LogP contribution in [0.25, 0.3) is 22.2 Å². The molecule has 0 radical (unpaired) electrons. The van der Waals surface area contributed by atoms with E-state index < -0.39 is 0 Å². The summed E-state index contributed by atoms with van der Waals surface area (Å²) in [4.78, 5) is 8.20. The van der Waals surface area contributed by atoms with Gasteiger partial charge in [0.25, 0.3) is 0 Å². The standard InChI is InChI=1S/C19H18ClN3/c1-11-3-5-14(12(2)9-11)18-17(19-21-7-8-22-19)15-10-13(20)4-6-16(15)23-18/h3-6,9-10,23H,7-8H2,1-2H3,(H,21,22). The zero-order valence-corrected chi connectivity index (χ0v) is 14.0. The number of aliphatic imine (C=N–C) groups is 1. The van der Waals surface area contributed by atoms with Gasteiger partial charge >= 0.3 is 0 Å². The Morgan fingerprint density at radius 3 is 2.70 bits per heavy atom. The SMILES string of the molecule is Cc1ccc(-c2[nH]c3ccc(Cl)cc3c2C2=NCCN2)c(C)c1. The summed E-state index contributed by atoms with van der Waals surface area (Å²) in [6.45, 7) is 5.96. The maximum Gasteiger partial charge on any atom is 0.131 e. The van der Waals surface area contributed by atoms with Crippen molar-refractivity contribution < 1.29 is 0 Å². The van der Waals surface area contributed by atoms with Gasteiger partial charge < -0.3 is 10.3 Å². The number of nitrogens with one attached hydrogen (secondary N) is 2. The van der Waals surface area contributed by atoms with Crippen LogP contribution in [0.5, 0.6) is 0 Å². The number of fused-ring (bicyclic) bond motifs is 1. The van der Waals surface area contributed by atoms with Crippen LogP contribution in [0, 0.1) is 13.8 Å². The molecule has 3 aromatic rings. The summed E-state index contributed by atoms with van der Waals surface area (Å²) in [6, 6.07) is 12.5. The van der Waals surface area contributed by atoms with Gasteiger partial charge in [0, 0.05) is 33.6 Å². The summed E-state index contributed by atoms with van der Waals surface area (Å²) in [7, 11) is 0. The molecule has 0 amide bonds. The number of nitrogens with zero attached hydrogens (tertiary/aromatic N) is 1. The Hall–Kier alpha value is -2.26. The fourth-order valence-corrected chi connectivity index (χ4v) is 3.44. The molecule has 2 aromatic carbocycles. The molecule has 0 atom stereocenters. The topological polar surface area (TPSA) is 40.2 Å². The third-order valence-corrected chi connectivity index (χ3v) is 4.56. The number of aromatic nitrogens is 1. The fourth-order valence-electron chi connectivity index (χ4n) is 3.27. The highest BCUT2D eigenvalue weighted by atomic mass is 35.5. The average molecular weight is 324 g/mol. The third kappa shape index (κ3) is 2.41. The number of hydrogen-bond acceptors (Lipinski definition) is 2. The van der Waals surface area contributed by atoms with Gasteiger partial charge in [-0.05, 0) is 37.6 Å². The van der Waals surface area contributed by atoms with Crippen molar-refractivity contribution in [2.45, 2.75) is 13.8 Å². The summed E-state index contributed by atoms with van der Waals surface area (Å²) in [5.74, 6) is 0.952. The van der Waals surface area contributed by atoms with Crippen molar-refractivity contribution in [1.29, 1.82) is 0 Å². The number of H-pyrrole nitrogens is 1. The molecule has 2 N–H and O–H groups in total. The van der Waals surface area contributed by atoms with Crippen LogP contribution in [0.15, 0.2) is 41.4 Å². The molecule has 0 unspecified atom stereocenters. The van der Waals surface area contributed by atoms with E-state index in [0.717, 1.165) is 46.1 Å². The van der Waals surface area contributed by atoms with Crippen molar-refractivity contribution in [1.82, 2.24) is 10.3 Å². The van der Waals surface area contributed by atoms with Crippen molar-refractivity contribution in [2.75, 3.05) is 13.1 Å². The molecule has 4 rings (SSSR count). The number of benzene rings is 2. The summed E-state index contributed by atoms with van der Waals surface area (Å²) in [6.07, 6.45) is 0. The average Bonchev–Trinajstić information content (AvgIpc) is 3.13. The lowest BCUT2D eigenvalue weighted by Gasteiger charge is -2.09. The molecular weight excluding hydrogens is 306 g/mol. The minimum absolute atomic E-state index is 0.739. The monoisotopic (exact) mass is 323 g/mol. The normalized spacial score (nSPS) is 14.1. The number of amidine groups is 1. The van der Waals surface area contributed by atoms with E-state index >= 15 is 0 Å². The minimum atomic E-state index is 0.739. The molecule has 0 saturated heterocycles. The van der Waals surface area contributed by atoms with Crippen LogP contribution in [0.1, 0.15) is 16.7 Å². The van der Waals surface area contributed by atoms with E-state index in [-0.39, 0.29) is 0 Å². The Balaban J connectivity index is 2.04. The molecule has 4 heteroatoms. The van der Waals surface area contributed by atoms with E-state index in [9.17, 15) is 0 Å². The van der Waals surface area contributed by atoms with Gasteiger partial charge in [0.05, 0.1) is 12.2 Å². The Morgan fingerprint density at radius 2 is 1.96 bits per heavy atom. The molecule has 0 aliphatic carbocycles. The lowest BCUT2D eigenvalue weighted by atomic mass is 9.99. The van der Waals surface area contributed by atoms with Crippen LogP contribution in [0.2, 0.25) is 5.02 Å². The quantitative estimate of drug-likeness (QED) is 0.718. The predicted molar refractivity (Wildman–Crippen MR) is 97.6 cm³/mol. The van der Waals surface area contributed by atoms with Crippen molar-refractivity contribution in [2.24, 2.45) is 4.99 Å². The van der Waals surface area contributed by atoms with Gasteiger partial charge in [0.1, 0.15) is 5.84 Å². The Bertz CT molecular complexity index is 937. The highest BCUT2D eigenvalue weighted by molar-refractivity contribution is 6.31. The predicted octanol–water partition coefficient (Wildman–Crippen LogP) is 4.45. The smallest absolute Gasteiger partial charge is 0.131 e. The first-order valence-electron chi connectivity index (χ1n) is 7.81. The van der Waals surface area contributed by atoms with Gasteiger partial charge in [-0.2, -0.15) is 0 Å². The van der Waals surface area contributed by atoms with Gasteiger partial charge in [0.2, 0.25) is 0 Å². The fraction of sp³-hybridized carbons (Fsp3) is 0.211. The number of halogens is 1. The minimum Gasteiger partial charge on any atom is -0.368 e. The van der Waals surface area contributed by atoms with Crippen LogP contribution in [0.3, 0.4) is 0 Å². The van der Waals surface area contributed by atoms with Crippen LogP contribution in [-0.4, -0.2) is 23.9 Å². The first-order chi connectivity index (χ1) is 11.1. The first kappa shape index (κ1) is 14.3. The molecule has 1 aliphatic heterocycles. The summed E-state index contributed by atoms with van der Waals surface area (Å²) >= 11 is 6.23. The van der Waals surface area contributed by atoms with E-state index in [1.807, 2.05) is 18.2 Å². The van der Waals surface area contributed by atoms with E-state index in [0.29, 0.717) is 0 Å². The molecule has 3 nitrogen and oxygen atoms in total. The van der Waals surface area contributed by atoms with Gasteiger partial charge in [-0.15, -0.1) is 0 Å². The second-order valence-electron chi connectivity index (χ2n) is 6.04. The van der Waals surface area contributed by atoms with E-state index in [1.54, 1.807) is 0 Å². The number of aromatic amines is 1. The lowest BCUT2D eigenvalue weighted by molar-refractivity contribution is 0.960. The van der Waals surface area contributed by atoms with Crippen LogP contribution in [0.4, 0.5) is 0 Å². The highest BCUT2D eigenvalue weighted by Gasteiger charge is 2.21. The molecule has 0 bridgehead atoms. The van der Waals surface area contributed by atoms with Crippen molar-refractivity contribution in [3.8, 4) is 11.3 Å². The second kappa shape index (κ2) is 5.43. The first-order valence-corrected chi connectivity index (χ1v) is 8.19. The summed E-state index contributed by atoms with van der Waals surface area (Å²) < 4.78 is 0. The zero-order valence-electron chi connectivity index (χ0n) is 13.2. The molecular formula is C19H18ClN3. The maximum atomic E-state index is 6.23. The zero-order chi connectivity index (χ0) is 16.0. The highest BCUT2D eigenvalue weighted by Crippen LogP contribution is 2.34. The molecule has 0 fully saturated rings. The molecule has 23 heavy (non-hydrogen) atoms. The van der Waals surface area contributed by atoms with Crippen LogP contribution < -0.4 is 5.32 Å². The van der Waals surface area contributed by atoms with Gasteiger partial charge in [-0.1, -0.05) is 35.4 Å². The maximum absolute atomic E-state index is 6.23. The molecule has 116 valence electrons. The van der Waals surface area contributed by atoms with Crippen LogP contribution in [-0.2, 0) is 0 Å². The van der Waals surface area contributed by atoms with E-state index in [4.69, 9.17) is 11.6 Å². The van der Waals surface area contributed by atoms with Gasteiger partial charge in [-0.25, -0.2) is 0 Å². The number of rotatable bonds is 2. The Labute approximate surface area is 140 Å². The largest absolute Gasteiger partial charge is 0.368 e. The summed E-state index contributed by atoms with van der Waals surface area (Å²) in [5.41, 5.74) is 7.02. The summed E-state index contributed by atoms with van der Waals surface area (Å²) in [5, 5.41) is 5.25. The van der Waals surface area contributed by atoms with Crippen molar-refractivity contribution >= 4 is 28.3 Å². The Kier molecular flexibility index (Phi) is 3.38. The molecule has 2 heterocycles. The van der Waals surface area contributed by atoms with Crippen LogP contribution >= 0.6 is 11.6 Å². The van der Waals surface area contributed by atoms with Gasteiger partial charge in [-0.3, -0.25) is 4.99 Å². The van der Waals surface area contributed by atoms with E-state index in [2.05, 4.69) is 47.3 Å². The number of aryl methyl sites for hydroxylation is 2. The number of hydrogen-bond donors (Lipinski definition) is 2. The molecule has 1 aromatic heterocycles. The second-order valence-corrected chi connectivity index (χ2v) is 6.48.